The largest absolute Gasteiger partial charge is 0.366 e. The zero-order valence-electron chi connectivity index (χ0n) is 64.2. The molecule has 7 aromatic carbocycles. The van der Waals surface area contributed by atoms with Crippen LogP contribution < -0.4 is 59.5 Å². The minimum Gasteiger partial charge on any atom is -0.366 e. The van der Waals surface area contributed by atoms with E-state index in [-0.39, 0.29) is 22.2 Å². The van der Waals surface area contributed by atoms with Crippen LogP contribution in [0.25, 0.3) is 76.7 Å². The monoisotopic (exact) mass is 1580 g/mol. The molecule has 119 heavy (non-hydrogen) atoms. The highest BCUT2D eigenvalue weighted by molar-refractivity contribution is 5.95. The number of nitrogens with one attached hydrogen (secondary N) is 19. The van der Waals surface area contributed by atoms with Crippen LogP contribution in [-0.2, 0) is 26.1 Å². The Morgan fingerprint density at radius 2 is 0.832 bits per heavy atom. The molecular weight excluding hydrogens is 1500 g/mol. The molecule has 19 N–H and O–H groups in total. The lowest BCUT2D eigenvalue weighted by Crippen LogP contribution is -2.07. The van der Waals surface area contributed by atoms with Gasteiger partial charge in [0.1, 0.15) is 17.5 Å². The van der Waals surface area contributed by atoms with Crippen LogP contribution in [0.15, 0.2) is 232 Å². The van der Waals surface area contributed by atoms with Crippen molar-refractivity contribution in [2.24, 2.45) is 0 Å². The van der Waals surface area contributed by atoms with Gasteiger partial charge in [-0.2, -0.15) is 25.4 Å². The smallest absolute Gasteiger partial charge is 0.271 e. The second-order valence-corrected chi connectivity index (χ2v) is 30.0. The number of aryl methyl sites for hydroxylation is 1. The average Bonchev–Trinajstić information content (AvgIpc) is 1.81. The number of rotatable bonds is 23. The Bertz CT molecular complexity index is 7140. The second kappa shape index (κ2) is 32.2. The van der Waals surface area contributed by atoms with Crippen molar-refractivity contribution in [1.29, 1.82) is 0 Å². The summed E-state index contributed by atoms with van der Waals surface area (Å²) in [6.07, 6.45) is 9.77. The SMILES string of the molecule is Cc1cc(Nc2cc(Cc3ccc4c(=O)[nH][nH]c4c3)nc3ccccc23)n[nH]1.O=c1[nH][nH]c2ccc(CNc3cc(Nc4cc(C5CC5)[nH]n4)c4ccccc4n3)cc12.O=c1[nH][nH]c2ccc(CNc3cc(Nc4cc(C5CC5)[nH]n4)ccn3)cc12.O=c1[nH][nH]c2ccc(CNc3nc(Nc4cc(C5CC5)[nH]n4)cc(-c4ccccc4)n3)cc12. The molecule has 3 aliphatic rings. The third kappa shape index (κ3) is 17.2. The lowest BCUT2D eigenvalue weighted by atomic mass is 10.1. The van der Waals surface area contributed by atoms with Crippen LogP contribution in [0.4, 0.5) is 63.7 Å². The van der Waals surface area contributed by atoms with E-state index in [0.29, 0.717) is 77.1 Å². The summed E-state index contributed by atoms with van der Waals surface area (Å²) in [4.78, 5) is 70.5. The van der Waals surface area contributed by atoms with E-state index < -0.39 is 0 Å². The molecule has 0 aliphatic heterocycles. The van der Waals surface area contributed by atoms with Crippen molar-refractivity contribution in [1.82, 2.24) is 106 Å². The van der Waals surface area contributed by atoms with Gasteiger partial charge in [0.15, 0.2) is 23.3 Å². The summed E-state index contributed by atoms with van der Waals surface area (Å²) in [6.45, 7) is 3.58. The van der Waals surface area contributed by atoms with Gasteiger partial charge in [0.2, 0.25) is 5.95 Å². The molecule has 12 aromatic heterocycles. The zero-order valence-corrected chi connectivity index (χ0v) is 64.2. The third-order valence-corrected chi connectivity index (χ3v) is 21.0. The van der Waals surface area contributed by atoms with Crippen LogP contribution in [0.5, 0.6) is 0 Å². The van der Waals surface area contributed by atoms with Crippen molar-refractivity contribution in [3.63, 3.8) is 0 Å². The first-order chi connectivity index (χ1) is 58.3. The van der Waals surface area contributed by atoms with Crippen LogP contribution in [-0.4, -0.2) is 106 Å². The molecule has 592 valence electrons. The topological polar surface area (TPSA) is 458 Å². The van der Waals surface area contributed by atoms with Gasteiger partial charge in [0.25, 0.3) is 22.2 Å². The molecule has 3 fully saturated rings. The number of anilines is 11. The van der Waals surface area contributed by atoms with Gasteiger partial charge in [-0.05, 0) is 140 Å². The van der Waals surface area contributed by atoms with Gasteiger partial charge in [-0.1, -0.05) is 91.0 Å². The normalized spacial score (nSPS) is 13.1. The minimum atomic E-state index is -0.134. The predicted molar refractivity (Wildman–Crippen MR) is 464 cm³/mol. The van der Waals surface area contributed by atoms with Crippen molar-refractivity contribution in [2.75, 3.05) is 37.2 Å². The summed E-state index contributed by atoms with van der Waals surface area (Å²) in [5.74, 6) is 7.63. The predicted octanol–water partition coefficient (Wildman–Crippen LogP) is 15.6. The van der Waals surface area contributed by atoms with Gasteiger partial charge in [-0.3, -0.25) is 85.3 Å². The quantitative estimate of drug-likeness (QED) is 0.0283. The maximum atomic E-state index is 11.9. The van der Waals surface area contributed by atoms with E-state index in [0.717, 1.165) is 146 Å². The van der Waals surface area contributed by atoms with Crippen molar-refractivity contribution in [3.8, 4) is 11.3 Å². The van der Waals surface area contributed by atoms with E-state index in [1.807, 2.05) is 189 Å². The second-order valence-electron chi connectivity index (χ2n) is 30.0. The molecule has 0 radical (unpaired) electrons. The summed E-state index contributed by atoms with van der Waals surface area (Å²) in [7, 11) is 0. The molecule has 32 heteroatoms. The number of hydrogen-bond donors (Lipinski definition) is 19. The summed E-state index contributed by atoms with van der Waals surface area (Å²) in [5, 5.41) is 79.7. The van der Waals surface area contributed by atoms with Gasteiger partial charge >= 0.3 is 0 Å². The Kier molecular flexibility index (Phi) is 19.8. The van der Waals surface area contributed by atoms with Crippen LogP contribution >= 0.6 is 0 Å². The summed E-state index contributed by atoms with van der Waals surface area (Å²) in [6, 6.07) is 67.0. The molecule has 12 heterocycles. The highest BCUT2D eigenvalue weighted by Gasteiger charge is 2.28. The zero-order chi connectivity index (χ0) is 80.3. The minimum absolute atomic E-state index is 0.105. The number of nitrogens with zero attached hydrogens (tertiary/aromatic N) is 9. The lowest BCUT2D eigenvalue weighted by Gasteiger charge is -2.12. The van der Waals surface area contributed by atoms with Gasteiger partial charge in [0.05, 0.1) is 71.7 Å². The van der Waals surface area contributed by atoms with E-state index in [9.17, 15) is 19.2 Å². The van der Waals surface area contributed by atoms with Crippen molar-refractivity contribution < 1.29 is 0 Å². The third-order valence-electron chi connectivity index (χ3n) is 21.0. The number of pyridine rings is 3. The lowest BCUT2D eigenvalue weighted by molar-refractivity contribution is 0.966. The molecule has 0 unspecified atom stereocenters. The maximum Gasteiger partial charge on any atom is 0.271 e. The Morgan fingerprint density at radius 1 is 0.345 bits per heavy atom. The number of aromatic nitrogens is 21. The van der Waals surface area contributed by atoms with E-state index in [1.165, 1.54) is 49.9 Å². The Hall–Kier alpha value is -15.9. The fourth-order valence-corrected chi connectivity index (χ4v) is 14.3. The van der Waals surface area contributed by atoms with Gasteiger partial charge in [-0.15, -0.1) is 0 Å². The fourth-order valence-electron chi connectivity index (χ4n) is 14.3. The number of aromatic amines is 12. The molecule has 0 amide bonds. The first kappa shape index (κ1) is 73.3. The number of para-hydroxylation sites is 2. The molecule has 19 aromatic rings. The van der Waals surface area contributed by atoms with Crippen LogP contribution in [0, 0.1) is 6.92 Å². The fraction of sp³-hybridized carbons (Fsp3) is 0.161. The summed E-state index contributed by atoms with van der Waals surface area (Å²) in [5.41, 5.74) is 18.7. The van der Waals surface area contributed by atoms with Gasteiger partial charge < -0.3 is 37.2 Å². The summed E-state index contributed by atoms with van der Waals surface area (Å²) >= 11 is 0. The van der Waals surface area contributed by atoms with E-state index in [1.54, 1.807) is 6.20 Å². The number of benzene rings is 7. The number of H-pyrrole nitrogens is 12. The first-order valence-corrected chi connectivity index (χ1v) is 39.3. The first-order valence-electron chi connectivity index (χ1n) is 39.3. The van der Waals surface area contributed by atoms with Gasteiger partial charge in [-0.25, -0.2) is 15.0 Å². The van der Waals surface area contributed by atoms with Crippen LogP contribution in [0.2, 0.25) is 0 Å². The van der Waals surface area contributed by atoms with E-state index in [2.05, 4.69) is 153 Å². The molecule has 0 spiro atoms. The molecule has 22 rings (SSSR count). The summed E-state index contributed by atoms with van der Waals surface area (Å²) < 4.78 is 0. The standard InChI is InChI=1S/C24H22N8O.C23H21N7O.C21H18N6O.C19H19N7O/c33-23-17-10-14(6-9-18(17)29-32-23)13-25-24-26-19(15-4-2-1-3-5-15)11-21(28-24)27-22-12-20(30-31-22)16-7-8-16;31-23-16-9-13(5-8-18(16)27-30-23)12-24-21-11-20(15-3-1-2-4-17(15)25-21)26-22-10-19(28-29-22)14-6-7-14;1-12-8-20(26-24-12)23-18-11-14(22-17-5-3-2-4-15(17)18)9-13-6-7-16-19(10-13)25-27-21(16)28;27-19-14-7-11(1-4-15(14)23-26-19)10-21-17-8-13(5-6-20-17)22-18-9-16(24-25-18)12-2-3-12/h1-6,9-12,16H,7-8,13H2,(H2,29,32,33)(H3,25,26,27,28,30,31);1-5,8-11,14H,6-7,12H2,(H2,27,30,31)(H3,24,25,26,28,29);2-8,10-11H,9H2,1H3,(H2,25,27,28)(H2,22,23,24,26);1,4-9,12H,2-3,10H2,(H2,23,26,27)(H3,20,21,22,24,25). The van der Waals surface area contributed by atoms with Crippen LogP contribution in [0.3, 0.4) is 0 Å². The number of fused-ring (bicyclic) bond motifs is 6. The Labute approximate surface area is 674 Å². The molecule has 0 atom stereocenters. The molecule has 0 bridgehead atoms. The number of hydrogen-bond acceptors (Lipinski definition) is 20. The molecule has 3 saturated carbocycles. The molecular formula is C87H80N28O4. The van der Waals surface area contributed by atoms with Gasteiger partial charge in [0, 0.05) is 143 Å². The Balaban J connectivity index is 0.000000105. The highest BCUT2D eigenvalue weighted by atomic mass is 16.1. The van der Waals surface area contributed by atoms with E-state index >= 15 is 0 Å². The van der Waals surface area contributed by atoms with Crippen LogP contribution in [0.1, 0.15) is 107 Å². The molecule has 32 nitrogen and oxygen atoms in total. The highest BCUT2D eigenvalue weighted by Crippen LogP contribution is 2.42. The molecule has 3 aliphatic carbocycles. The average molecular weight is 1580 g/mol. The maximum absolute atomic E-state index is 11.9. The molecule has 0 saturated heterocycles. The van der Waals surface area contributed by atoms with Crippen molar-refractivity contribution in [3.05, 3.63) is 305 Å². The Morgan fingerprint density at radius 3 is 1.40 bits per heavy atom. The van der Waals surface area contributed by atoms with Crippen molar-refractivity contribution in [2.45, 2.75) is 89.3 Å². The van der Waals surface area contributed by atoms with Crippen molar-refractivity contribution >= 4 is 129 Å². The van der Waals surface area contributed by atoms with E-state index in [4.69, 9.17) is 15.0 Å².